The predicted octanol–water partition coefficient (Wildman–Crippen LogP) is 20.5. The van der Waals surface area contributed by atoms with Crippen LogP contribution in [0, 0.1) is 12.7 Å². The number of morpholine rings is 2. The van der Waals surface area contributed by atoms with Gasteiger partial charge in [-0.25, -0.2) is 29.3 Å². The third-order valence-electron chi connectivity index (χ3n) is 20.5. The molecular weight excluding hydrogens is 1660 g/mol. The molecule has 9 aromatic heterocycles. The number of halogens is 4. The van der Waals surface area contributed by atoms with E-state index in [-0.39, 0.29) is 23.4 Å². The van der Waals surface area contributed by atoms with E-state index < -0.39 is 5.82 Å². The molecule has 19 rings (SSSR count). The fraction of sp³-hybridized carbons (Fsp3) is 0.180. The molecular formula is C89H78Cl3FN16O7S4. The maximum atomic E-state index is 14.7. The van der Waals surface area contributed by atoms with Gasteiger partial charge in [0.2, 0.25) is 0 Å². The summed E-state index contributed by atoms with van der Waals surface area (Å²) in [7, 11) is 4.82. The Morgan fingerprint density at radius 3 is 1.31 bits per heavy atom. The molecule has 608 valence electrons. The van der Waals surface area contributed by atoms with Crippen LogP contribution in [0.3, 0.4) is 0 Å². The normalized spacial score (nSPS) is 13.0. The first-order valence-electron chi connectivity index (χ1n) is 38.4. The second-order valence-corrected chi connectivity index (χ2v) is 32.0. The van der Waals surface area contributed by atoms with Gasteiger partial charge in [0.15, 0.2) is 5.82 Å². The highest BCUT2D eigenvalue weighted by Gasteiger charge is 2.23. The van der Waals surface area contributed by atoms with Gasteiger partial charge in [-0.2, -0.15) is 50.4 Å². The summed E-state index contributed by atoms with van der Waals surface area (Å²) in [6, 6.07) is 46.5. The molecule has 0 radical (unpaired) electrons. The zero-order valence-corrected chi connectivity index (χ0v) is 70.7. The van der Waals surface area contributed by atoms with Gasteiger partial charge in [-0.15, -0.1) is 0 Å². The number of thiophene rings is 4. The number of aryl methyl sites for hydroxylation is 1. The van der Waals surface area contributed by atoms with Gasteiger partial charge in [-0.05, 0) is 101 Å². The molecule has 0 bridgehead atoms. The molecule has 3 amide bonds. The fourth-order valence-corrected chi connectivity index (χ4v) is 18.2. The first kappa shape index (κ1) is 81.9. The molecule has 23 nitrogen and oxygen atoms in total. The molecule has 2 saturated heterocycles. The summed E-state index contributed by atoms with van der Waals surface area (Å²) in [6.07, 6.45) is 1.50. The molecule has 0 spiro atoms. The van der Waals surface area contributed by atoms with E-state index in [2.05, 4.69) is 89.8 Å². The van der Waals surface area contributed by atoms with Crippen molar-refractivity contribution in [3.8, 4) is 22.9 Å². The Balaban J connectivity index is 0.000000120. The molecule has 8 N–H and O–H groups in total. The van der Waals surface area contributed by atoms with Crippen LogP contribution in [0.15, 0.2) is 201 Å². The Morgan fingerprint density at radius 1 is 0.442 bits per heavy atom. The van der Waals surface area contributed by atoms with E-state index in [4.69, 9.17) is 73.7 Å². The third kappa shape index (κ3) is 17.9. The first-order valence-corrected chi connectivity index (χ1v) is 43.3. The second kappa shape index (κ2) is 37.7. The van der Waals surface area contributed by atoms with Crippen molar-refractivity contribution in [3.63, 3.8) is 0 Å². The number of H-pyrrole nitrogens is 1. The number of aromatic amines is 1. The van der Waals surface area contributed by atoms with E-state index in [1.807, 2.05) is 138 Å². The number of carbonyl (C=O) groups is 3. The number of rotatable bonds is 20. The molecule has 0 aliphatic carbocycles. The minimum Gasteiger partial charge on any atom is -0.492 e. The van der Waals surface area contributed by atoms with Gasteiger partial charge in [0.25, 0.3) is 17.7 Å². The number of fused-ring (bicyclic) bond motifs is 12. The van der Waals surface area contributed by atoms with Gasteiger partial charge in [0.05, 0.1) is 103 Å². The summed E-state index contributed by atoms with van der Waals surface area (Å²) in [4.78, 5) is 65.4. The van der Waals surface area contributed by atoms with Gasteiger partial charge in [0, 0.05) is 164 Å². The van der Waals surface area contributed by atoms with Crippen LogP contribution >= 0.6 is 80.1 Å². The monoisotopic (exact) mass is 1730 g/mol. The average Bonchev–Trinajstić information content (AvgIpc) is 1.49. The van der Waals surface area contributed by atoms with Gasteiger partial charge in [-0.3, -0.25) is 29.3 Å². The van der Waals surface area contributed by atoms with Crippen molar-refractivity contribution in [2.45, 2.75) is 6.92 Å². The van der Waals surface area contributed by atoms with Crippen LogP contribution in [-0.2, 0) is 9.47 Å². The van der Waals surface area contributed by atoms with Crippen molar-refractivity contribution < 1.29 is 37.7 Å². The van der Waals surface area contributed by atoms with Crippen molar-refractivity contribution in [2.75, 3.05) is 121 Å². The van der Waals surface area contributed by atoms with E-state index >= 15 is 0 Å². The number of nitrogens with zero attached hydrogens (tertiary/aromatic N) is 8. The largest absolute Gasteiger partial charge is 0.492 e. The summed E-state index contributed by atoms with van der Waals surface area (Å²) >= 11 is 25.6. The van der Waals surface area contributed by atoms with Crippen molar-refractivity contribution in [2.24, 2.45) is 0 Å². The standard InChI is InChI=1S/C25H25ClN4O3S.C25H25FN4O3S.C20H14ClN5S.C19H14ClN3OS/c2*1-27-25(31)18-4-2-3-17-19-14-34-15-20(19)24(29-23(17)18)28-22-13-16(5-6-21(22)26)33-12-9-30-7-10-32-11-8-30;1-11-4-2-7-16(21)17(11)24-20-15-9-27-8-14(15)12-5-3-6-13(18(12)25-20)19-22-10-23-26-19;1-21-19(24)12-6-4-5-11-13-9-25-10-14(13)18(23-17(11)12)22-16-8-3-2-7-15(16)20/h2*2-6,13-15H,7-12H2,1H3,(H,27,31)(H,28,29);2-10H,1H3,(H,24,25)(H,22,23,26);2-10H,1H3,(H,21,24)(H,22,23). The van der Waals surface area contributed by atoms with Crippen molar-refractivity contribution in [1.82, 2.24) is 60.9 Å². The minimum absolute atomic E-state index is 0.156. The summed E-state index contributed by atoms with van der Waals surface area (Å²) in [5, 5.41) is 58.6. The number of aromatic nitrogens is 7. The lowest BCUT2D eigenvalue weighted by Gasteiger charge is -2.26. The van der Waals surface area contributed by atoms with Gasteiger partial charge >= 0.3 is 0 Å². The Bertz CT molecular complexity index is 6410. The minimum atomic E-state index is -0.412. The summed E-state index contributed by atoms with van der Waals surface area (Å²) < 4.78 is 37.4. The van der Waals surface area contributed by atoms with E-state index in [1.54, 1.807) is 85.5 Å². The molecule has 0 unspecified atom stereocenters. The topological polar surface area (TPSA) is 272 Å². The molecule has 17 aromatic rings. The van der Waals surface area contributed by atoms with Crippen LogP contribution in [0.2, 0.25) is 15.1 Å². The van der Waals surface area contributed by atoms with E-state index in [9.17, 15) is 18.8 Å². The van der Waals surface area contributed by atoms with Gasteiger partial charge < -0.3 is 56.2 Å². The van der Waals surface area contributed by atoms with E-state index in [0.717, 1.165) is 170 Å². The lowest BCUT2D eigenvalue weighted by molar-refractivity contribution is 0.0322. The summed E-state index contributed by atoms with van der Waals surface area (Å²) in [6.45, 7) is 11.4. The Kier molecular flexibility index (Phi) is 25.7. The van der Waals surface area contributed by atoms with Gasteiger partial charge in [-0.1, -0.05) is 108 Å². The lowest BCUT2D eigenvalue weighted by Crippen LogP contribution is -2.38. The number of anilines is 8. The first-order chi connectivity index (χ1) is 58.7. The molecule has 0 atom stereocenters. The molecule has 0 saturated carbocycles. The predicted molar refractivity (Wildman–Crippen MR) is 488 cm³/mol. The quantitative estimate of drug-likeness (QED) is 0.0352. The number of hydrogen-bond acceptors (Lipinski definition) is 23. The van der Waals surface area contributed by atoms with Crippen LogP contribution < -0.4 is 46.7 Å². The van der Waals surface area contributed by atoms with Crippen molar-refractivity contribution in [3.05, 3.63) is 244 Å². The molecule has 31 heteroatoms. The molecule has 2 aliphatic rings. The Labute approximate surface area is 719 Å². The number of amides is 3. The lowest BCUT2D eigenvalue weighted by atomic mass is 10.1. The highest BCUT2D eigenvalue weighted by atomic mass is 35.5. The Morgan fingerprint density at radius 2 is 0.842 bits per heavy atom. The number of pyridine rings is 4. The van der Waals surface area contributed by atoms with Gasteiger partial charge in [0.1, 0.15) is 60.1 Å². The summed E-state index contributed by atoms with van der Waals surface area (Å²) in [5.74, 6) is 3.64. The number of nitrogens with one attached hydrogen (secondary N) is 8. The molecule has 8 aromatic carbocycles. The van der Waals surface area contributed by atoms with Crippen molar-refractivity contribution >= 4 is 231 Å². The molecule has 2 aliphatic heterocycles. The number of hydrogen-bond donors (Lipinski definition) is 8. The maximum absolute atomic E-state index is 14.7. The molecule has 120 heavy (non-hydrogen) atoms. The third-order valence-corrected chi connectivity index (χ3v) is 24.4. The highest BCUT2D eigenvalue weighted by molar-refractivity contribution is 7.10. The van der Waals surface area contributed by atoms with Crippen LogP contribution in [0.25, 0.3) is 98.1 Å². The van der Waals surface area contributed by atoms with Crippen molar-refractivity contribution in [1.29, 1.82) is 0 Å². The van der Waals surface area contributed by atoms with E-state index in [0.29, 0.717) is 96.2 Å². The van der Waals surface area contributed by atoms with Crippen LogP contribution in [-0.4, -0.2) is 163 Å². The molecule has 11 heterocycles. The zero-order valence-electron chi connectivity index (χ0n) is 65.2. The molecule has 2 fully saturated rings. The highest BCUT2D eigenvalue weighted by Crippen LogP contribution is 2.43. The summed E-state index contributed by atoms with van der Waals surface area (Å²) in [5.41, 5.74) is 8.88. The van der Waals surface area contributed by atoms with Crippen LogP contribution in [0.4, 0.5) is 50.4 Å². The number of benzene rings is 8. The maximum Gasteiger partial charge on any atom is 0.253 e. The van der Waals surface area contributed by atoms with Crippen LogP contribution in [0.5, 0.6) is 11.5 Å². The number of carbonyl (C=O) groups excluding carboxylic acids is 3. The van der Waals surface area contributed by atoms with Crippen LogP contribution in [0.1, 0.15) is 36.6 Å². The number of para-hydroxylation sites is 6. The zero-order chi connectivity index (χ0) is 82.8. The Hall–Kier alpha value is -11.8. The SMILES string of the molecule is CNC(=O)c1cccc2c1nc(Nc1cc(OCCN3CCOCC3)ccc1Cl)c1cscc12.CNC(=O)c1cccc2c1nc(Nc1cc(OCCN3CCOCC3)ccc1F)c1cscc12.CNC(=O)c1cccc2c1nc(Nc1ccccc1Cl)c1cscc12.Cc1cccc(Cl)c1Nc1nc2c(-c3ncn[nH]3)cccc2c2cscc12. The smallest absolute Gasteiger partial charge is 0.253 e. The van der Waals surface area contributed by atoms with E-state index in [1.165, 1.54) is 23.7 Å². The average molecular weight is 1740 g/mol. The number of ether oxygens (including phenoxy) is 4. The second-order valence-electron chi connectivity index (χ2n) is 27.8. The fourth-order valence-electron chi connectivity index (χ4n) is 14.3.